The monoisotopic (exact) mass is 1320 g/mol. The molecule has 4 aliphatic rings. The van der Waals surface area contributed by atoms with Crippen LogP contribution in [0.15, 0.2) is 174 Å². The van der Waals surface area contributed by atoms with E-state index < -0.39 is 20.0 Å². The lowest BCUT2D eigenvalue weighted by molar-refractivity contribution is -0.462. The van der Waals surface area contributed by atoms with Crippen molar-refractivity contribution in [3.63, 3.8) is 0 Å². The molecule has 2 aromatic heterocycles. The van der Waals surface area contributed by atoms with Crippen LogP contribution in [0.5, 0.6) is 0 Å². The molecule has 0 saturated heterocycles. The Morgan fingerprint density at radius 3 is 1.26 bits per heavy atom. The minimum Gasteiger partial charge on any atom is -0.390 e. The Balaban J connectivity index is 0.000000183. The molecule has 6 heterocycles. The highest BCUT2D eigenvalue weighted by Gasteiger charge is 2.63. The Bertz CT molecular complexity index is 3800. The van der Waals surface area contributed by atoms with E-state index in [0.717, 1.165) is 102 Å². The van der Waals surface area contributed by atoms with Gasteiger partial charge in [0.25, 0.3) is 0 Å². The molecular weight excluding hydrogens is 1250 g/mol. The molecule has 12 heteroatoms. The van der Waals surface area contributed by atoms with Gasteiger partial charge in [-0.05, 0) is 150 Å². The summed E-state index contributed by atoms with van der Waals surface area (Å²) in [5.41, 5.74) is 15.5. The molecule has 4 unspecified atom stereocenters. The first-order valence-electron chi connectivity index (χ1n) is 29.1. The minimum atomic E-state index is -4.29. The highest BCUT2D eigenvalue weighted by Crippen LogP contribution is 2.52. The number of fused-ring (bicyclic) bond motifs is 4. The summed E-state index contributed by atoms with van der Waals surface area (Å²) in [5, 5.41) is 0. The summed E-state index contributed by atoms with van der Waals surface area (Å²) in [6.07, 6.45) is 10.8. The number of halogens is 6. The molecule has 4 atom stereocenters. The lowest BCUT2D eigenvalue weighted by atomic mass is 9.74. The van der Waals surface area contributed by atoms with Crippen LogP contribution in [0.1, 0.15) is 160 Å². The van der Waals surface area contributed by atoms with Crippen LogP contribution < -0.4 is 0 Å². The van der Waals surface area contributed by atoms with E-state index in [-0.39, 0.29) is 17.9 Å². The van der Waals surface area contributed by atoms with Gasteiger partial charge in [-0.25, -0.2) is 0 Å². The highest BCUT2D eigenvalue weighted by molar-refractivity contribution is 14.1. The predicted molar refractivity (Wildman–Crippen MR) is 350 cm³/mol. The fraction of sp³-hybridized carbons (Fsp3) is 0.286. The standard InChI is InChI=1S/C39H37BF2N2.C23H27BF2I2N2.C8H6/c1-5-31-33(7-3)38-37(30-22-16-11-17-23-30)39-34(8-4)32(6-2)36(27-25-29-20-14-10-15-21-29)44(39)40(41,42)43(38)35(31)26-24-28-18-12-9-13-19-28;1-5-15-17(7-3)22(27)29-20(15)19(14-12-10-9-11-13-14)21-16(6-2)18(8-4)23(28)30(21)24(29,25)26;1-2-8-6-4-3-5-7-8/h9-23,37-38H,5-8H2,1-4H3;9-13,19-20H,5-8H2,1-4H3;1,3-7H. The fourth-order valence-electron chi connectivity index (χ4n) is 13.4. The number of aromatic nitrogens is 2. The van der Waals surface area contributed by atoms with Gasteiger partial charge in [-0.1, -0.05) is 188 Å². The van der Waals surface area contributed by atoms with Crippen LogP contribution in [0.3, 0.4) is 0 Å². The van der Waals surface area contributed by atoms with Crippen LogP contribution in [0.4, 0.5) is 17.3 Å². The second-order valence-corrected chi connectivity index (χ2v) is 23.0. The average molecular weight is 1320 g/mol. The minimum absolute atomic E-state index is 0.0970. The molecule has 7 aromatic rings. The van der Waals surface area contributed by atoms with Gasteiger partial charge in [0.15, 0.2) is 3.72 Å². The number of hydrogen-bond acceptors (Lipinski definition) is 0. The van der Waals surface area contributed by atoms with E-state index >= 15 is 17.3 Å². The van der Waals surface area contributed by atoms with E-state index in [4.69, 9.17) is 6.42 Å². The third-order valence-electron chi connectivity index (χ3n) is 16.8. The molecule has 4 nitrogen and oxygen atoms in total. The first-order chi connectivity index (χ1) is 39.7. The second kappa shape index (κ2) is 25.9. The number of terminal acetylenes is 1. The quantitative estimate of drug-likeness (QED) is 0.0562. The van der Waals surface area contributed by atoms with Gasteiger partial charge in [0.2, 0.25) is 5.71 Å². The summed E-state index contributed by atoms with van der Waals surface area (Å²) >= 11 is 4.33. The van der Waals surface area contributed by atoms with Crippen molar-refractivity contribution in [3.05, 3.63) is 245 Å². The third-order valence-corrected chi connectivity index (χ3v) is 19.2. The van der Waals surface area contributed by atoms with Gasteiger partial charge in [-0.15, -0.1) is 6.42 Å². The van der Waals surface area contributed by atoms with Crippen molar-refractivity contribution >= 4 is 68.6 Å². The van der Waals surface area contributed by atoms with Crippen LogP contribution >= 0.6 is 45.2 Å². The van der Waals surface area contributed by atoms with E-state index in [9.17, 15) is 0 Å². The van der Waals surface area contributed by atoms with Crippen molar-refractivity contribution < 1.29 is 26.2 Å². The molecule has 5 aromatic carbocycles. The summed E-state index contributed by atoms with van der Waals surface area (Å²) in [6, 6.07) is 48.5. The van der Waals surface area contributed by atoms with Crippen LogP contribution in [0.25, 0.3) is 0 Å². The van der Waals surface area contributed by atoms with Gasteiger partial charge in [-0.3, -0.25) is 0 Å². The normalized spacial score (nSPS) is 18.8. The fourth-order valence-corrected chi connectivity index (χ4v) is 16.1. The van der Waals surface area contributed by atoms with Crippen molar-refractivity contribution in [1.82, 2.24) is 8.96 Å². The van der Waals surface area contributed by atoms with Crippen LogP contribution in [-0.4, -0.2) is 53.4 Å². The Morgan fingerprint density at radius 2 is 0.829 bits per heavy atom. The molecule has 11 rings (SSSR count). The lowest BCUT2D eigenvalue weighted by Gasteiger charge is -2.41. The summed E-state index contributed by atoms with van der Waals surface area (Å²) in [6.45, 7) is 8.44. The maximum Gasteiger partial charge on any atom is 0.733 e. The van der Waals surface area contributed by atoms with Gasteiger partial charge in [-0.2, -0.15) is 0 Å². The van der Waals surface area contributed by atoms with Gasteiger partial charge >= 0.3 is 13.9 Å². The summed E-state index contributed by atoms with van der Waals surface area (Å²) in [4.78, 5) is 0. The summed E-state index contributed by atoms with van der Waals surface area (Å²) in [5.74, 6) is 15.1. The molecular formula is C70H70B2F4I2N4. The zero-order chi connectivity index (χ0) is 58.5. The molecule has 0 saturated carbocycles. The highest BCUT2D eigenvalue weighted by atomic mass is 127. The van der Waals surface area contributed by atoms with E-state index in [1.54, 1.807) is 0 Å². The zero-order valence-corrected chi connectivity index (χ0v) is 52.5. The van der Waals surface area contributed by atoms with Gasteiger partial charge in [0.1, 0.15) is 12.1 Å². The smallest absolute Gasteiger partial charge is 0.390 e. The molecule has 0 radical (unpaired) electrons. The topological polar surface area (TPSA) is 15.9 Å². The lowest BCUT2D eigenvalue weighted by Crippen LogP contribution is -2.59. The molecule has 0 fully saturated rings. The Hall–Kier alpha value is -6.53. The van der Waals surface area contributed by atoms with Gasteiger partial charge in [0.05, 0.1) is 21.2 Å². The second-order valence-electron chi connectivity index (χ2n) is 20.9. The first-order valence-corrected chi connectivity index (χ1v) is 31.3. The van der Waals surface area contributed by atoms with E-state index in [1.807, 2.05) is 134 Å². The number of nitrogens with zero attached hydrogens (tertiary/aromatic N) is 4. The first kappa shape index (κ1) is 60.1. The molecule has 0 amide bonds. The van der Waals surface area contributed by atoms with E-state index in [1.165, 1.54) is 23.5 Å². The summed E-state index contributed by atoms with van der Waals surface area (Å²) in [7, 11) is 0. The maximum atomic E-state index is 17.7. The largest absolute Gasteiger partial charge is 0.733 e. The van der Waals surface area contributed by atoms with E-state index in [0.29, 0.717) is 46.5 Å². The van der Waals surface area contributed by atoms with Crippen molar-refractivity contribution in [1.29, 1.82) is 0 Å². The third kappa shape index (κ3) is 10.7. The van der Waals surface area contributed by atoms with Gasteiger partial charge < -0.3 is 35.2 Å². The van der Waals surface area contributed by atoms with Crippen LogP contribution in [0, 0.1) is 39.7 Å². The zero-order valence-electron chi connectivity index (χ0n) is 48.2. The number of allylic oxidation sites excluding steroid dienone is 2. The molecule has 4 aliphatic heterocycles. The molecule has 0 aliphatic carbocycles. The average Bonchev–Trinajstić information content (AvgIpc) is 3.94. The molecule has 0 bridgehead atoms. The molecule has 418 valence electrons. The van der Waals surface area contributed by atoms with Crippen molar-refractivity contribution in [2.75, 3.05) is 0 Å². The van der Waals surface area contributed by atoms with Crippen LogP contribution in [-0.2, 0) is 25.7 Å². The van der Waals surface area contributed by atoms with Crippen molar-refractivity contribution in [2.45, 2.75) is 131 Å². The van der Waals surface area contributed by atoms with Crippen molar-refractivity contribution in [2.24, 2.45) is 0 Å². The van der Waals surface area contributed by atoms with Gasteiger partial charge in [0, 0.05) is 78.9 Å². The molecule has 0 spiro atoms. The molecule has 0 N–H and O–H groups in total. The molecule has 82 heavy (non-hydrogen) atoms. The number of benzene rings is 5. The number of hydrogen-bond donors (Lipinski definition) is 0. The van der Waals surface area contributed by atoms with E-state index in [2.05, 4.69) is 148 Å². The summed E-state index contributed by atoms with van der Waals surface area (Å²) < 4.78 is 75.0. The Labute approximate surface area is 511 Å². The Kier molecular flexibility index (Phi) is 19.0. The Morgan fingerprint density at radius 1 is 0.439 bits per heavy atom. The maximum absolute atomic E-state index is 17.7. The SMILES string of the molecule is C#Cc1ccccc1.CCC1=C(CC)C2C(c3ccccc3)c3c(CC)c(CC)c(C#Cc4ccccc4)n3[B-](F)(F)[N+]2=C1C#Cc1ccccc1.CCC1=C(CC)C2C(c3ccccc3)c3c(CC)c(CC)c(I)n3[B-](F)(F)[N+]2=C1I. The van der Waals surface area contributed by atoms with Crippen LogP contribution in [0.2, 0.25) is 0 Å². The van der Waals surface area contributed by atoms with Crippen molar-refractivity contribution in [3.8, 4) is 36.0 Å². The number of rotatable bonds is 10. The predicted octanol–water partition coefficient (Wildman–Crippen LogP) is 17.0.